The summed E-state index contributed by atoms with van der Waals surface area (Å²) in [6.07, 6.45) is -4.89. The van der Waals surface area contributed by atoms with E-state index in [1.807, 2.05) is 0 Å². The average Bonchev–Trinajstić information content (AvgIpc) is 2.48. The molecule has 0 aromatic heterocycles. The Bertz CT molecular complexity index is 865. The van der Waals surface area contributed by atoms with E-state index in [1.165, 1.54) is 25.1 Å². The summed E-state index contributed by atoms with van der Waals surface area (Å²) in [5.74, 6) is -3.20. The van der Waals surface area contributed by atoms with E-state index in [2.05, 4.69) is 5.32 Å². The first-order valence-corrected chi connectivity index (χ1v) is 7.13. The monoisotopic (exact) mass is 373 g/mol. The summed E-state index contributed by atoms with van der Waals surface area (Å²) >= 11 is 5.56. The van der Waals surface area contributed by atoms with E-state index in [-0.39, 0.29) is 11.3 Å². The molecular formula is C16H11ClF3NO4. The first-order chi connectivity index (χ1) is 11.5. The lowest BCUT2D eigenvalue weighted by atomic mass is 10.1. The number of anilines is 1. The fraction of sp³-hybridized carbons (Fsp3) is 0.125. The number of nitrogens with one attached hydrogen (secondary N) is 1. The fourth-order valence-electron chi connectivity index (χ4n) is 2.13. The van der Waals surface area contributed by atoms with Gasteiger partial charge in [-0.25, -0.2) is 4.79 Å². The second-order valence-corrected chi connectivity index (χ2v) is 5.55. The molecule has 0 heterocycles. The fourth-order valence-corrected chi connectivity index (χ4v) is 2.35. The number of halogens is 4. The second kappa shape index (κ2) is 6.64. The standard InChI is InChI=1S/C16H11ClF3NO4/c1-7-4-9(2-3-10(7)15(24)25)21-14(23)8-5-11(16(18,19)20)13(22)12(17)6-8/h2-6,22H,1H3,(H,21,23)(H,24,25). The molecule has 0 aliphatic rings. The zero-order chi connectivity index (χ0) is 18.9. The van der Waals surface area contributed by atoms with Crippen LogP contribution in [-0.2, 0) is 6.18 Å². The number of alkyl halides is 3. The molecule has 0 spiro atoms. The molecular weight excluding hydrogens is 363 g/mol. The quantitative estimate of drug-likeness (QED) is 0.747. The van der Waals surface area contributed by atoms with Gasteiger partial charge in [0.05, 0.1) is 16.1 Å². The third-order valence-corrected chi connectivity index (χ3v) is 3.63. The van der Waals surface area contributed by atoms with Gasteiger partial charge in [0.2, 0.25) is 0 Å². The van der Waals surface area contributed by atoms with Crippen molar-refractivity contribution < 1.29 is 33.0 Å². The Kier molecular flexibility index (Phi) is 4.94. The van der Waals surface area contributed by atoms with E-state index in [4.69, 9.17) is 16.7 Å². The summed E-state index contributed by atoms with van der Waals surface area (Å²) in [5, 5.41) is 20.1. The first kappa shape index (κ1) is 18.6. The number of carbonyl (C=O) groups is 2. The molecule has 2 rings (SSSR count). The topological polar surface area (TPSA) is 86.6 Å². The van der Waals surface area contributed by atoms with Crippen molar-refractivity contribution >= 4 is 29.2 Å². The number of hydrogen-bond acceptors (Lipinski definition) is 3. The maximum Gasteiger partial charge on any atom is 0.420 e. The van der Waals surface area contributed by atoms with Crippen LogP contribution in [0.1, 0.15) is 31.8 Å². The van der Waals surface area contributed by atoms with E-state index in [0.29, 0.717) is 11.6 Å². The maximum atomic E-state index is 12.9. The highest BCUT2D eigenvalue weighted by Gasteiger charge is 2.35. The number of aromatic hydroxyl groups is 1. The number of carboxylic acid groups (broad SMARTS) is 1. The summed E-state index contributed by atoms with van der Waals surface area (Å²) in [5.41, 5.74) is -1.24. The van der Waals surface area contributed by atoms with Gasteiger partial charge in [-0.3, -0.25) is 4.79 Å². The zero-order valence-electron chi connectivity index (χ0n) is 12.6. The number of rotatable bonds is 3. The molecule has 0 unspecified atom stereocenters. The van der Waals surface area contributed by atoms with Gasteiger partial charge in [0.1, 0.15) is 5.75 Å². The van der Waals surface area contributed by atoms with E-state index in [9.17, 15) is 27.9 Å². The normalized spacial score (nSPS) is 11.2. The molecule has 0 radical (unpaired) electrons. The van der Waals surface area contributed by atoms with Crippen molar-refractivity contribution in [2.75, 3.05) is 5.32 Å². The number of aromatic carboxylic acids is 1. The smallest absolute Gasteiger partial charge is 0.420 e. The SMILES string of the molecule is Cc1cc(NC(=O)c2cc(Cl)c(O)c(C(F)(F)F)c2)ccc1C(=O)O. The molecule has 0 atom stereocenters. The molecule has 25 heavy (non-hydrogen) atoms. The molecule has 5 nitrogen and oxygen atoms in total. The number of carbonyl (C=O) groups excluding carboxylic acids is 1. The highest BCUT2D eigenvalue weighted by atomic mass is 35.5. The lowest BCUT2D eigenvalue weighted by Gasteiger charge is -2.13. The predicted octanol–water partition coefficient (Wildman–Crippen LogP) is 4.32. The molecule has 0 saturated heterocycles. The van der Waals surface area contributed by atoms with Crippen molar-refractivity contribution in [2.24, 2.45) is 0 Å². The third-order valence-electron chi connectivity index (χ3n) is 3.35. The van der Waals surface area contributed by atoms with Gasteiger partial charge in [-0.2, -0.15) is 13.2 Å². The Morgan fingerprint density at radius 2 is 1.80 bits per heavy atom. The highest BCUT2D eigenvalue weighted by molar-refractivity contribution is 6.32. The second-order valence-electron chi connectivity index (χ2n) is 5.14. The summed E-state index contributed by atoms with van der Waals surface area (Å²) in [4.78, 5) is 23.1. The molecule has 132 valence electrons. The molecule has 2 aromatic rings. The molecule has 1 amide bonds. The van der Waals surface area contributed by atoms with Crippen LogP contribution in [0.4, 0.5) is 18.9 Å². The zero-order valence-corrected chi connectivity index (χ0v) is 13.4. The van der Waals surface area contributed by atoms with Crippen molar-refractivity contribution in [3.8, 4) is 5.75 Å². The Hall–Kier alpha value is -2.74. The van der Waals surface area contributed by atoms with Crippen molar-refractivity contribution in [1.82, 2.24) is 0 Å². The minimum absolute atomic E-state index is 0.0324. The summed E-state index contributed by atoms with van der Waals surface area (Å²) < 4.78 is 38.6. The Balaban J connectivity index is 2.34. The average molecular weight is 374 g/mol. The number of aryl methyl sites for hydroxylation is 1. The number of benzene rings is 2. The molecule has 0 aliphatic carbocycles. The van der Waals surface area contributed by atoms with E-state index >= 15 is 0 Å². The Morgan fingerprint density at radius 3 is 2.32 bits per heavy atom. The van der Waals surface area contributed by atoms with Crippen molar-refractivity contribution in [1.29, 1.82) is 0 Å². The van der Waals surface area contributed by atoms with Crippen LogP contribution in [0.15, 0.2) is 30.3 Å². The van der Waals surface area contributed by atoms with Gasteiger partial charge in [0.15, 0.2) is 0 Å². The minimum Gasteiger partial charge on any atom is -0.506 e. The van der Waals surface area contributed by atoms with Crippen LogP contribution in [0.25, 0.3) is 0 Å². The van der Waals surface area contributed by atoms with Gasteiger partial charge in [0, 0.05) is 11.3 Å². The highest BCUT2D eigenvalue weighted by Crippen LogP contribution is 2.40. The molecule has 3 N–H and O–H groups in total. The van der Waals surface area contributed by atoms with E-state index < -0.39 is 40.0 Å². The Morgan fingerprint density at radius 1 is 1.16 bits per heavy atom. The molecule has 0 aliphatic heterocycles. The molecule has 0 saturated carbocycles. The maximum absolute atomic E-state index is 12.9. The van der Waals surface area contributed by atoms with E-state index in [0.717, 1.165) is 6.07 Å². The number of phenols is 1. The molecule has 9 heteroatoms. The number of hydrogen-bond donors (Lipinski definition) is 3. The van der Waals surface area contributed by atoms with Crippen molar-refractivity contribution in [2.45, 2.75) is 13.1 Å². The lowest BCUT2D eigenvalue weighted by molar-refractivity contribution is -0.138. The van der Waals surface area contributed by atoms with Gasteiger partial charge in [-0.15, -0.1) is 0 Å². The number of phenolic OH excluding ortho intramolecular Hbond substituents is 1. The molecule has 0 bridgehead atoms. The number of amides is 1. The lowest BCUT2D eigenvalue weighted by Crippen LogP contribution is -2.15. The summed E-state index contributed by atoms with van der Waals surface area (Å²) in [6, 6.07) is 5.32. The van der Waals surface area contributed by atoms with Crippen molar-refractivity contribution in [3.63, 3.8) is 0 Å². The third kappa shape index (κ3) is 4.03. The minimum atomic E-state index is -4.89. The van der Waals surface area contributed by atoms with Crippen molar-refractivity contribution in [3.05, 3.63) is 57.6 Å². The summed E-state index contributed by atoms with van der Waals surface area (Å²) in [7, 11) is 0. The van der Waals surface area contributed by atoms with Crippen LogP contribution in [-0.4, -0.2) is 22.1 Å². The van der Waals surface area contributed by atoms with Gasteiger partial charge < -0.3 is 15.5 Å². The molecule has 2 aromatic carbocycles. The van der Waals surface area contributed by atoms with Crippen LogP contribution < -0.4 is 5.32 Å². The van der Waals surface area contributed by atoms with Crippen LogP contribution in [0.5, 0.6) is 5.75 Å². The van der Waals surface area contributed by atoms with Gasteiger partial charge >= 0.3 is 12.1 Å². The Labute approximate surface area is 144 Å². The van der Waals surface area contributed by atoms with Gasteiger partial charge in [0.25, 0.3) is 5.91 Å². The first-order valence-electron chi connectivity index (χ1n) is 6.75. The predicted molar refractivity (Wildman–Crippen MR) is 84.2 cm³/mol. The van der Waals surface area contributed by atoms with Crippen LogP contribution in [0.3, 0.4) is 0 Å². The van der Waals surface area contributed by atoms with Gasteiger partial charge in [-0.1, -0.05) is 11.6 Å². The summed E-state index contributed by atoms with van der Waals surface area (Å²) in [6.45, 7) is 1.51. The van der Waals surface area contributed by atoms with E-state index in [1.54, 1.807) is 0 Å². The van der Waals surface area contributed by atoms with Gasteiger partial charge in [-0.05, 0) is 42.8 Å². The van der Waals surface area contributed by atoms with Crippen LogP contribution in [0, 0.1) is 6.92 Å². The molecule has 0 fully saturated rings. The van der Waals surface area contributed by atoms with Crippen LogP contribution >= 0.6 is 11.6 Å². The number of carboxylic acids is 1. The van der Waals surface area contributed by atoms with Crippen LogP contribution in [0.2, 0.25) is 5.02 Å². The largest absolute Gasteiger partial charge is 0.506 e.